The van der Waals surface area contributed by atoms with Crippen LogP contribution in [0, 0.1) is 11.6 Å². The van der Waals surface area contributed by atoms with Crippen molar-refractivity contribution in [2.75, 3.05) is 36.8 Å². The molecule has 1 aliphatic heterocycles. The van der Waals surface area contributed by atoms with E-state index in [1.807, 2.05) is 0 Å². The predicted octanol–water partition coefficient (Wildman–Crippen LogP) is 4.57. The van der Waals surface area contributed by atoms with Crippen molar-refractivity contribution in [2.45, 2.75) is 6.92 Å². The van der Waals surface area contributed by atoms with Crippen LogP contribution in [0.3, 0.4) is 0 Å². The Balaban J connectivity index is 1.68. The van der Waals surface area contributed by atoms with Crippen LogP contribution in [0.4, 0.5) is 14.5 Å². The number of morpholine rings is 1. The third-order valence-corrected chi connectivity index (χ3v) is 8.86. The van der Waals surface area contributed by atoms with E-state index >= 15 is 0 Å². The predicted molar refractivity (Wildman–Crippen MR) is 149 cm³/mol. The fourth-order valence-electron chi connectivity index (χ4n) is 4.29. The maximum absolute atomic E-state index is 14.5. The average Bonchev–Trinajstić information content (AvgIpc) is 3.39. The minimum atomic E-state index is -3.64. The lowest BCUT2D eigenvalue weighted by Gasteiger charge is -2.26. The summed E-state index contributed by atoms with van der Waals surface area (Å²) in [6.07, 6.45) is 1.55. The van der Waals surface area contributed by atoms with Crippen LogP contribution in [-0.4, -0.2) is 55.8 Å². The minimum Gasteiger partial charge on any atom is -0.454 e. The van der Waals surface area contributed by atoms with Crippen LogP contribution >= 0.6 is 11.3 Å². The number of carbonyl (C=O) groups is 1. The third kappa shape index (κ3) is 5.58. The van der Waals surface area contributed by atoms with Gasteiger partial charge in [-0.05, 0) is 43.3 Å². The second-order valence-corrected chi connectivity index (χ2v) is 12.2. The Morgan fingerprint density at radius 2 is 1.80 bits per heavy atom. The van der Waals surface area contributed by atoms with Crippen molar-refractivity contribution in [3.63, 3.8) is 0 Å². The summed E-state index contributed by atoms with van der Waals surface area (Å²) in [6, 6.07) is 8.84. The number of fused-ring (bicyclic) bond motifs is 1. The molecule has 13 heteroatoms. The molecule has 2 aromatic carbocycles. The van der Waals surface area contributed by atoms with Gasteiger partial charge in [0.1, 0.15) is 11.6 Å². The molecule has 1 aliphatic rings. The van der Waals surface area contributed by atoms with E-state index in [0.29, 0.717) is 58.5 Å². The van der Waals surface area contributed by atoms with Crippen LogP contribution in [0.2, 0.25) is 0 Å². The molecule has 5 rings (SSSR count). The molecule has 0 bridgehead atoms. The molecule has 4 aromatic rings. The topological polar surface area (TPSA) is 107 Å². The van der Waals surface area contributed by atoms with Crippen molar-refractivity contribution in [2.24, 2.45) is 7.05 Å². The Hall–Kier alpha value is -3.81. The number of anilines is 1. The highest BCUT2D eigenvalue weighted by Gasteiger charge is 2.24. The van der Waals surface area contributed by atoms with Crippen LogP contribution in [-0.2, 0) is 21.8 Å². The SMILES string of the molecule is CCS(=O)(=O)Nc1ccc(Oc2ccc(F)cc2F)c(-c2cn(C)c(=O)c3cc(C(=O)N4CCOCC4)sc23)c1. The van der Waals surface area contributed by atoms with Gasteiger partial charge < -0.3 is 18.9 Å². The van der Waals surface area contributed by atoms with E-state index in [1.165, 1.54) is 29.7 Å². The zero-order valence-electron chi connectivity index (χ0n) is 21.6. The number of ether oxygens (including phenoxy) is 2. The molecule has 3 heterocycles. The number of rotatable bonds is 7. The number of carbonyl (C=O) groups excluding carboxylic acids is 1. The van der Waals surface area contributed by atoms with E-state index in [9.17, 15) is 26.8 Å². The van der Waals surface area contributed by atoms with Gasteiger partial charge in [-0.1, -0.05) is 0 Å². The Bertz CT molecular complexity index is 1780. The normalized spacial score (nSPS) is 13.9. The van der Waals surface area contributed by atoms with Crippen molar-refractivity contribution in [1.82, 2.24) is 9.47 Å². The van der Waals surface area contributed by atoms with E-state index in [2.05, 4.69) is 4.72 Å². The first kappa shape index (κ1) is 27.7. The molecular formula is C27H25F2N3O6S2. The van der Waals surface area contributed by atoms with Gasteiger partial charge >= 0.3 is 0 Å². The van der Waals surface area contributed by atoms with Crippen LogP contribution < -0.4 is 15.0 Å². The summed E-state index contributed by atoms with van der Waals surface area (Å²) in [6.45, 7) is 3.19. The maximum Gasteiger partial charge on any atom is 0.264 e. The summed E-state index contributed by atoms with van der Waals surface area (Å²) in [5.41, 5.74) is 0.670. The largest absolute Gasteiger partial charge is 0.454 e. The van der Waals surface area contributed by atoms with Crippen molar-refractivity contribution >= 4 is 43.0 Å². The number of benzene rings is 2. The lowest BCUT2D eigenvalue weighted by atomic mass is 10.0. The van der Waals surface area contributed by atoms with Gasteiger partial charge in [-0.25, -0.2) is 17.2 Å². The number of aryl methyl sites for hydroxylation is 1. The number of pyridine rings is 1. The number of nitrogens with one attached hydrogen (secondary N) is 1. The quantitative estimate of drug-likeness (QED) is 0.339. The Morgan fingerprint density at radius 3 is 2.50 bits per heavy atom. The molecule has 0 spiro atoms. The van der Waals surface area contributed by atoms with Crippen molar-refractivity contribution in [1.29, 1.82) is 0 Å². The molecule has 2 aromatic heterocycles. The molecule has 210 valence electrons. The standard InChI is InChI=1S/C27H25F2N3O6S2/c1-3-40(35,36)30-17-5-7-22(38-23-6-4-16(28)12-21(23)29)18(13-17)20-15-31(2)26(33)19-14-24(39-25(19)20)27(34)32-8-10-37-11-9-32/h4-7,12-15,30H,3,8-11H2,1-2H3. The number of nitrogens with zero attached hydrogens (tertiary/aromatic N) is 2. The fraction of sp³-hybridized carbons (Fsp3) is 0.259. The highest BCUT2D eigenvalue weighted by Crippen LogP contribution is 2.41. The molecule has 1 amide bonds. The molecule has 0 saturated carbocycles. The molecule has 0 atom stereocenters. The van der Waals surface area contributed by atoms with Gasteiger partial charge in [0.05, 0.1) is 33.9 Å². The van der Waals surface area contributed by atoms with Gasteiger partial charge in [0.2, 0.25) is 10.0 Å². The van der Waals surface area contributed by atoms with Crippen molar-refractivity contribution in [3.8, 4) is 22.6 Å². The van der Waals surface area contributed by atoms with Crippen molar-refractivity contribution < 1.29 is 31.5 Å². The number of hydrogen-bond donors (Lipinski definition) is 1. The summed E-state index contributed by atoms with van der Waals surface area (Å²) in [4.78, 5) is 28.3. The van der Waals surface area contributed by atoms with Gasteiger partial charge in [0, 0.05) is 49.2 Å². The smallest absolute Gasteiger partial charge is 0.264 e. The van der Waals surface area contributed by atoms with E-state index in [1.54, 1.807) is 24.2 Å². The van der Waals surface area contributed by atoms with Crippen LogP contribution in [0.5, 0.6) is 11.5 Å². The summed E-state index contributed by atoms with van der Waals surface area (Å²) in [7, 11) is -2.09. The second-order valence-electron chi connectivity index (χ2n) is 9.11. The number of thiophene rings is 1. The lowest BCUT2D eigenvalue weighted by molar-refractivity contribution is 0.0306. The average molecular weight is 590 g/mol. The van der Waals surface area contributed by atoms with E-state index in [4.69, 9.17) is 9.47 Å². The second kappa shape index (κ2) is 11.0. The van der Waals surface area contributed by atoms with Gasteiger partial charge in [0.15, 0.2) is 11.6 Å². The highest BCUT2D eigenvalue weighted by molar-refractivity contribution is 7.92. The Labute approximate surface area is 232 Å². The number of aromatic nitrogens is 1. The van der Waals surface area contributed by atoms with Gasteiger partial charge in [-0.15, -0.1) is 11.3 Å². The van der Waals surface area contributed by atoms with E-state index < -0.39 is 21.7 Å². The number of halogens is 2. The highest BCUT2D eigenvalue weighted by atomic mass is 32.2. The first-order valence-electron chi connectivity index (χ1n) is 12.3. The number of sulfonamides is 1. The first-order chi connectivity index (χ1) is 19.1. The Kier molecular flexibility index (Phi) is 7.62. The monoisotopic (exact) mass is 589 g/mol. The summed E-state index contributed by atoms with van der Waals surface area (Å²) >= 11 is 1.12. The van der Waals surface area contributed by atoms with E-state index in [-0.39, 0.29) is 34.4 Å². The molecule has 40 heavy (non-hydrogen) atoms. The summed E-state index contributed by atoms with van der Waals surface area (Å²) in [5.74, 6) is -2.22. The fourth-order valence-corrected chi connectivity index (χ4v) is 6.06. The zero-order valence-corrected chi connectivity index (χ0v) is 23.2. The molecular weight excluding hydrogens is 564 g/mol. The molecule has 0 unspecified atom stereocenters. The molecule has 0 aliphatic carbocycles. The minimum absolute atomic E-state index is 0.124. The summed E-state index contributed by atoms with van der Waals surface area (Å²) in [5, 5.41) is 0.292. The van der Waals surface area contributed by atoms with Gasteiger partial charge in [0.25, 0.3) is 11.5 Å². The number of hydrogen-bond acceptors (Lipinski definition) is 7. The van der Waals surface area contributed by atoms with Crippen LogP contribution in [0.15, 0.2) is 53.5 Å². The lowest BCUT2D eigenvalue weighted by Crippen LogP contribution is -2.40. The van der Waals surface area contributed by atoms with Crippen LogP contribution in [0.1, 0.15) is 16.6 Å². The Morgan fingerprint density at radius 1 is 1.07 bits per heavy atom. The van der Waals surface area contributed by atoms with Crippen LogP contribution in [0.25, 0.3) is 21.2 Å². The van der Waals surface area contributed by atoms with E-state index in [0.717, 1.165) is 23.5 Å². The number of amides is 1. The first-order valence-corrected chi connectivity index (χ1v) is 14.8. The summed E-state index contributed by atoms with van der Waals surface area (Å²) < 4.78 is 68.1. The van der Waals surface area contributed by atoms with Crippen molar-refractivity contribution in [3.05, 3.63) is 75.5 Å². The maximum atomic E-state index is 14.5. The molecule has 9 nitrogen and oxygen atoms in total. The zero-order chi connectivity index (χ0) is 28.6. The third-order valence-electron chi connectivity index (χ3n) is 6.40. The molecule has 0 radical (unpaired) electrons. The molecule has 1 N–H and O–H groups in total. The molecule has 1 fully saturated rings. The van der Waals surface area contributed by atoms with Gasteiger partial charge in [-0.2, -0.15) is 0 Å². The molecule has 1 saturated heterocycles. The van der Waals surface area contributed by atoms with Gasteiger partial charge in [-0.3, -0.25) is 14.3 Å².